The minimum absolute atomic E-state index is 0.0423. The van der Waals surface area contributed by atoms with Crippen molar-refractivity contribution >= 4 is 27.6 Å². The Kier molecular flexibility index (Phi) is 6.13. The van der Waals surface area contributed by atoms with Crippen molar-refractivity contribution in [2.75, 3.05) is 17.2 Å². The second-order valence-electron chi connectivity index (χ2n) is 8.52. The average molecular weight is 448 g/mol. The highest BCUT2D eigenvalue weighted by molar-refractivity contribution is 7.90. The third-order valence-corrected chi connectivity index (χ3v) is 6.87. The Balaban J connectivity index is 2.00. The van der Waals surface area contributed by atoms with E-state index >= 15 is 0 Å². The lowest BCUT2D eigenvalue weighted by molar-refractivity contribution is 0.0981. The fourth-order valence-electron chi connectivity index (χ4n) is 3.54. The summed E-state index contributed by atoms with van der Waals surface area (Å²) in [7, 11) is -4.21. The number of carbonyl (C=O) groups is 1. The lowest BCUT2D eigenvalue weighted by Gasteiger charge is -2.36. The maximum Gasteiger partial charge on any atom is 0.281 e. The number of carbonyl (C=O) groups excluding carboxylic acids is 1. The van der Waals surface area contributed by atoms with E-state index in [1.807, 2.05) is 18.7 Å². The number of nitrogen functional groups attached to an aromatic ring is 1. The monoisotopic (exact) mass is 447 g/mol. The number of pyridine rings is 2. The Morgan fingerprint density at radius 3 is 2.55 bits per heavy atom. The average Bonchev–Trinajstić information content (AvgIpc) is 2.93. The summed E-state index contributed by atoms with van der Waals surface area (Å²) in [6.45, 7) is 10.8. The van der Waals surface area contributed by atoms with Crippen LogP contribution < -0.4 is 20.1 Å². The molecule has 1 atom stereocenters. The number of nitrogens with two attached hydrogens (primary N) is 1. The molecule has 0 bridgehead atoms. The standard InChI is InChI=1S/C21H29N5O4S/c1-13(2)30-17-10-9-15(19(24-17)26-12-11-14(3)21(26,4)5)20(27)25-31(28,29)18-8-6-7-16(22)23-18/h6-10,13-14H,11-12H2,1-5H3,(H2,22,23)(H,25,27). The van der Waals surface area contributed by atoms with Gasteiger partial charge < -0.3 is 15.4 Å². The summed E-state index contributed by atoms with van der Waals surface area (Å²) < 4.78 is 33.2. The topological polar surface area (TPSA) is 128 Å². The van der Waals surface area contributed by atoms with Gasteiger partial charge in [0, 0.05) is 18.2 Å². The number of hydrogen-bond donors (Lipinski definition) is 2. The zero-order valence-corrected chi connectivity index (χ0v) is 19.2. The number of nitrogens with zero attached hydrogens (tertiary/aromatic N) is 3. The van der Waals surface area contributed by atoms with Gasteiger partial charge in [-0.2, -0.15) is 13.4 Å². The molecule has 1 saturated heterocycles. The predicted octanol–water partition coefficient (Wildman–Crippen LogP) is 2.59. The van der Waals surface area contributed by atoms with Gasteiger partial charge in [0.1, 0.15) is 11.6 Å². The Bertz CT molecular complexity index is 1080. The molecule has 3 N–H and O–H groups in total. The van der Waals surface area contributed by atoms with Crippen LogP contribution in [0.5, 0.6) is 5.88 Å². The Morgan fingerprint density at radius 2 is 1.97 bits per heavy atom. The van der Waals surface area contributed by atoms with Gasteiger partial charge in [-0.3, -0.25) is 4.79 Å². The first-order valence-electron chi connectivity index (χ1n) is 10.2. The van der Waals surface area contributed by atoms with E-state index in [1.165, 1.54) is 24.3 Å². The summed E-state index contributed by atoms with van der Waals surface area (Å²) >= 11 is 0. The van der Waals surface area contributed by atoms with E-state index in [1.54, 1.807) is 6.07 Å². The number of ether oxygens (including phenoxy) is 1. The van der Waals surface area contributed by atoms with Gasteiger partial charge in [0.2, 0.25) is 5.88 Å². The van der Waals surface area contributed by atoms with Crippen molar-refractivity contribution in [3.8, 4) is 5.88 Å². The second-order valence-corrected chi connectivity index (χ2v) is 10.1. The lowest BCUT2D eigenvalue weighted by atomic mass is 9.90. The highest BCUT2D eigenvalue weighted by Crippen LogP contribution is 2.39. The number of amides is 1. The second kappa shape index (κ2) is 8.33. The highest BCUT2D eigenvalue weighted by atomic mass is 32.2. The molecule has 1 fully saturated rings. The van der Waals surface area contributed by atoms with Gasteiger partial charge in [0.15, 0.2) is 5.03 Å². The highest BCUT2D eigenvalue weighted by Gasteiger charge is 2.41. The Morgan fingerprint density at radius 1 is 1.26 bits per heavy atom. The smallest absolute Gasteiger partial charge is 0.281 e. The molecular formula is C21H29N5O4S. The van der Waals surface area contributed by atoms with Crippen LogP contribution in [0.25, 0.3) is 0 Å². The molecular weight excluding hydrogens is 418 g/mol. The van der Waals surface area contributed by atoms with Crippen LogP contribution in [0.2, 0.25) is 0 Å². The van der Waals surface area contributed by atoms with E-state index in [0.717, 1.165) is 6.42 Å². The normalized spacial score (nSPS) is 18.3. The van der Waals surface area contributed by atoms with Crippen LogP contribution >= 0.6 is 0 Å². The Labute approximate surface area is 183 Å². The molecule has 3 heterocycles. The van der Waals surface area contributed by atoms with Gasteiger partial charge in [-0.1, -0.05) is 13.0 Å². The van der Waals surface area contributed by atoms with Crippen LogP contribution in [0.4, 0.5) is 11.6 Å². The molecule has 0 radical (unpaired) electrons. The summed E-state index contributed by atoms with van der Waals surface area (Å²) in [4.78, 5) is 23.5. The molecule has 168 valence electrons. The number of aromatic nitrogens is 2. The largest absolute Gasteiger partial charge is 0.475 e. The lowest BCUT2D eigenvalue weighted by Crippen LogP contribution is -2.43. The SMILES string of the molecule is CC(C)Oc1ccc(C(=O)NS(=O)(=O)c2cccc(N)n2)c(N2CCC(C)C2(C)C)n1. The molecule has 1 amide bonds. The molecule has 0 aliphatic carbocycles. The fraction of sp³-hybridized carbons (Fsp3) is 0.476. The summed E-state index contributed by atoms with van der Waals surface area (Å²) in [6, 6.07) is 7.30. The minimum Gasteiger partial charge on any atom is -0.475 e. The first kappa shape index (κ1) is 22.8. The maximum atomic E-state index is 13.1. The third-order valence-electron chi connectivity index (χ3n) is 5.64. The molecule has 3 rings (SSSR count). The van der Waals surface area contributed by atoms with Gasteiger partial charge in [-0.15, -0.1) is 0 Å². The minimum atomic E-state index is -4.21. The van der Waals surface area contributed by atoms with Crippen LogP contribution in [0, 0.1) is 5.92 Å². The number of hydrogen-bond acceptors (Lipinski definition) is 8. The van der Waals surface area contributed by atoms with E-state index in [-0.39, 0.29) is 28.1 Å². The predicted molar refractivity (Wildman–Crippen MR) is 119 cm³/mol. The zero-order chi connectivity index (χ0) is 23.0. The van der Waals surface area contributed by atoms with Gasteiger partial charge in [-0.25, -0.2) is 9.71 Å². The quantitative estimate of drug-likeness (QED) is 0.692. The van der Waals surface area contributed by atoms with Crippen molar-refractivity contribution in [2.45, 2.75) is 57.7 Å². The van der Waals surface area contributed by atoms with Crippen molar-refractivity contribution in [2.24, 2.45) is 5.92 Å². The van der Waals surface area contributed by atoms with E-state index in [0.29, 0.717) is 24.2 Å². The van der Waals surface area contributed by atoms with E-state index in [4.69, 9.17) is 10.5 Å². The zero-order valence-electron chi connectivity index (χ0n) is 18.4. The van der Waals surface area contributed by atoms with E-state index in [2.05, 4.69) is 35.5 Å². The fourth-order valence-corrected chi connectivity index (χ4v) is 4.48. The molecule has 2 aromatic rings. The molecule has 0 spiro atoms. The molecule has 31 heavy (non-hydrogen) atoms. The van der Waals surface area contributed by atoms with Crippen molar-refractivity contribution in [1.82, 2.24) is 14.7 Å². The van der Waals surface area contributed by atoms with Gasteiger partial charge in [-0.05, 0) is 58.2 Å². The molecule has 0 aromatic carbocycles. The van der Waals surface area contributed by atoms with Gasteiger partial charge >= 0.3 is 0 Å². The molecule has 1 aliphatic heterocycles. The van der Waals surface area contributed by atoms with Crippen molar-refractivity contribution in [1.29, 1.82) is 0 Å². The summed E-state index contributed by atoms with van der Waals surface area (Å²) in [6.07, 6.45) is 0.830. The number of nitrogens with one attached hydrogen (secondary N) is 1. The van der Waals surface area contributed by atoms with Crippen LogP contribution in [-0.4, -0.2) is 42.5 Å². The molecule has 2 aromatic heterocycles. The molecule has 9 nitrogen and oxygen atoms in total. The molecule has 0 saturated carbocycles. The van der Waals surface area contributed by atoms with Crippen LogP contribution in [0.3, 0.4) is 0 Å². The first-order valence-corrected chi connectivity index (χ1v) is 11.6. The summed E-state index contributed by atoms with van der Waals surface area (Å²) in [5.41, 5.74) is 5.46. The summed E-state index contributed by atoms with van der Waals surface area (Å²) in [5.74, 6) is 0.372. The number of sulfonamides is 1. The number of rotatable bonds is 6. The van der Waals surface area contributed by atoms with Crippen LogP contribution in [-0.2, 0) is 10.0 Å². The molecule has 10 heteroatoms. The Hall–Kier alpha value is -2.88. The van der Waals surface area contributed by atoms with Crippen molar-refractivity contribution in [3.63, 3.8) is 0 Å². The van der Waals surface area contributed by atoms with Crippen LogP contribution in [0.15, 0.2) is 35.4 Å². The molecule has 1 aliphatic rings. The summed E-state index contributed by atoms with van der Waals surface area (Å²) in [5, 5.41) is -0.328. The third kappa shape index (κ3) is 4.73. The van der Waals surface area contributed by atoms with Crippen molar-refractivity contribution in [3.05, 3.63) is 35.9 Å². The molecule has 1 unspecified atom stereocenters. The van der Waals surface area contributed by atoms with Crippen molar-refractivity contribution < 1.29 is 17.9 Å². The number of anilines is 2. The maximum absolute atomic E-state index is 13.1. The van der Waals surface area contributed by atoms with E-state index in [9.17, 15) is 13.2 Å². The van der Waals surface area contributed by atoms with Crippen LogP contribution in [0.1, 0.15) is 51.4 Å². The van der Waals surface area contributed by atoms with E-state index < -0.39 is 15.9 Å². The first-order chi connectivity index (χ1) is 14.4. The van der Waals surface area contributed by atoms with Gasteiger partial charge in [0.25, 0.3) is 15.9 Å². The van der Waals surface area contributed by atoms with Gasteiger partial charge in [0.05, 0.1) is 11.7 Å².